The van der Waals surface area contributed by atoms with Crippen LogP contribution in [0.5, 0.6) is 0 Å². The minimum atomic E-state index is -6.72. The molecule has 19 nitrogen and oxygen atoms in total. The number of ether oxygens (including phenoxy) is 5. The molecule has 0 amide bonds. The zero-order chi connectivity index (χ0) is 62.2. The number of carbonyl (C=O) groups excluding carboxylic acids is 5. The van der Waals surface area contributed by atoms with Crippen molar-refractivity contribution in [1.82, 2.24) is 9.13 Å². The van der Waals surface area contributed by atoms with Crippen LogP contribution in [-0.2, 0) is 104 Å². The fraction of sp³-hybridized carbons (Fsp3) is 0.723. The van der Waals surface area contributed by atoms with Gasteiger partial charge in [-0.1, -0.05) is 47.1 Å². The summed E-state index contributed by atoms with van der Waals surface area (Å²) in [5.74, 6) is -1.49. The average Bonchev–Trinajstić information content (AvgIpc) is 4.03. The van der Waals surface area contributed by atoms with Crippen LogP contribution >= 0.6 is 21.2 Å². The number of halogens is 9. The third kappa shape index (κ3) is 30.3. The summed E-state index contributed by atoms with van der Waals surface area (Å²) in [5, 5.41) is 0. The predicted molar refractivity (Wildman–Crippen MR) is 283 cm³/mol. The smallest absolute Gasteiger partial charge is 0.480 e. The molecular weight excluding hydrogens is 1290 g/mol. The van der Waals surface area contributed by atoms with E-state index in [1.165, 1.54) is 21.3 Å². The van der Waals surface area contributed by atoms with Gasteiger partial charge in [0, 0.05) is 5.57 Å². The normalized spacial score (nSPS) is 13.1. The maximum atomic E-state index is 12.5. The van der Waals surface area contributed by atoms with E-state index in [-0.39, 0.29) is 46.8 Å². The number of hydrogen-bond acceptors (Lipinski definition) is 15. The Morgan fingerprint density at radius 1 is 0.641 bits per heavy atom. The Hall–Kier alpha value is -3.56. The van der Waals surface area contributed by atoms with Crippen LogP contribution in [0.1, 0.15) is 128 Å². The largest absolute Gasteiger partial charge is 1.00 e. The second kappa shape index (κ2) is 38.2. The Kier molecular flexibility index (Phi) is 39.6. The van der Waals surface area contributed by atoms with Gasteiger partial charge in [0.1, 0.15) is 51.1 Å². The van der Waals surface area contributed by atoms with Gasteiger partial charge in [0.2, 0.25) is 12.7 Å². The van der Waals surface area contributed by atoms with E-state index in [4.69, 9.17) is 23.7 Å². The summed E-state index contributed by atoms with van der Waals surface area (Å²) in [6.07, 6.45) is 18.7. The van der Waals surface area contributed by atoms with Crippen molar-refractivity contribution in [2.75, 3.05) is 34.5 Å². The Bertz CT molecular complexity index is 2220. The van der Waals surface area contributed by atoms with E-state index in [0.717, 1.165) is 42.9 Å². The van der Waals surface area contributed by atoms with Gasteiger partial charge in [-0.15, -0.1) is 0 Å². The lowest BCUT2D eigenvalue weighted by atomic mass is 9.72. The van der Waals surface area contributed by atoms with Crippen molar-refractivity contribution in [2.45, 2.75) is 165 Å². The third-order valence-corrected chi connectivity index (χ3v) is 13.9. The maximum absolute atomic E-state index is 12.5. The second-order valence-electron chi connectivity index (χ2n) is 18.9. The van der Waals surface area contributed by atoms with Crippen molar-refractivity contribution >= 4 is 80.9 Å². The fourth-order valence-electron chi connectivity index (χ4n) is 6.63. The zero-order valence-electron chi connectivity index (χ0n) is 47.6. The highest BCUT2D eigenvalue weighted by atomic mass is 127. The lowest BCUT2D eigenvalue weighted by Gasteiger charge is -2.33. The first-order chi connectivity index (χ1) is 35.7. The minimum Gasteiger partial charge on any atom is -1.00 e. The maximum Gasteiger partial charge on any atom is 0.480 e. The van der Waals surface area contributed by atoms with Gasteiger partial charge in [0.15, 0.2) is 20.0 Å². The van der Waals surface area contributed by atoms with Crippen LogP contribution in [0.15, 0.2) is 49.6 Å². The van der Waals surface area contributed by atoms with E-state index in [9.17, 15) is 67.2 Å². The van der Waals surface area contributed by atoms with Crippen molar-refractivity contribution < 1.29 is 122 Å². The fourth-order valence-corrected chi connectivity index (χ4v) is 8.33. The Labute approximate surface area is 485 Å². The van der Waals surface area contributed by atoms with Gasteiger partial charge in [-0.05, 0) is 87.0 Å². The highest BCUT2D eigenvalue weighted by Crippen LogP contribution is 2.40. The molecule has 0 aliphatic heterocycles. The van der Waals surface area contributed by atoms with Crippen molar-refractivity contribution in [1.29, 1.82) is 1.45 Å². The standard InChI is InChI=1S/2C20H35N2O4.C5H8O2.C2F6NO4S2.BrH.FH.IS/c2*1-7-9-10-21-11-12-22(16-21)13-14-26-17(23)19(3,4)15-20(5,8-2)18(24)25-6;1-4(2)5(6)7-3;3-1(4,5)14(10,11)9-15(12,13)2(6,7)8;;;1-2/h2*11-12,16H,7-10,13-15H2,1-6H3;1H2,2-3H3;;2*1H;/q2*+1;;-1;;;-1/p-1/i/hT. The van der Waals surface area contributed by atoms with Crippen molar-refractivity contribution in [3.05, 3.63) is 53.7 Å². The molecule has 2 rings (SSSR count). The Balaban J connectivity index is -0.000000323. The number of imidazole rings is 2. The van der Waals surface area contributed by atoms with Crippen molar-refractivity contribution in [2.24, 2.45) is 21.7 Å². The number of methoxy groups -OCH3 is 3. The predicted octanol–water partition coefficient (Wildman–Crippen LogP) is 6.08. The molecule has 31 heteroatoms. The second-order valence-corrected chi connectivity index (χ2v) is 22.3. The SMILES string of the molecule is C=C(C)C(=O)OC.CCCC[n+]1ccn(CCOC(=O)C(C)(C)CC(C)(CC)C(=O)OC)c1.CCCC[n+]1ccn(CCOC(=O)C(C)(C)CC(C)(CC)C(=O)OC)c1.O=S(=O)([N-]S(=O)(=O)C(F)(F)F)C(F)(F)F.[3H]F.[Br-].[S-]I. The number of carbonyl (C=O) groups is 5. The van der Waals surface area contributed by atoms with E-state index < -0.39 is 52.7 Å². The summed E-state index contributed by atoms with van der Waals surface area (Å²) in [6, 6.07) is 0. The lowest BCUT2D eigenvalue weighted by Crippen LogP contribution is -3.00. The summed E-state index contributed by atoms with van der Waals surface area (Å²) in [5.41, 5.74) is -14.9. The van der Waals surface area contributed by atoms with Crippen LogP contribution in [0, 0.1) is 21.7 Å². The van der Waals surface area contributed by atoms with Crippen LogP contribution in [-0.4, -0.2) is 103 Å². The molecule has 0 fully saturated rings. The molecule has 2 heterocycles. The number of alkyl halides is 6. The first-order valence-electron chi connectivity index (χ1n) is 24.0. The van der Waals surface area contributed by atoms with Gasteiger partial charge in [-0.3, -0.25) is 45.1 Å². The van der Waals surface area contributed by atoms with Crippen molar-refractivity contribution in [3.8, 4) is 0 Å². The molecule has 2 aromatic rings. The van der Waals surface area contributed by atoms with Gasteiger partial charge >= 0.3 is 40.9 Å². The quantitative estimate of drug-likeness (QED) is 0.0208. The molecule has 0 bridgehead atoms. The highest BCUT2D eigenvalue weighted by Gasteiger charge is 2.47. The molecule has 0 aliphatic carbocycles. The Morgan fingerprint density at radius 2 is 0.949 bits per heavy atom. The van der Waals surface area contributed by atoms with Gasteiger partial charge in [-0.25, -0.2) is 39.9 Å². The number of aromatic nitrogens is 4. The molecule has 0 aromatic carbocycles. The molecule has 0 radical (unpaired) electrons. The summed E-state index contributed by atoms with van der Waals surface area (Å²) < 4.78 is 156. The number of aryl methyl sites for hydroxylation is 2. The molecular formula is C47H79BrF7IN5O14S3-. The lowest BCUT2D eigenvalue weighted by molar-refractivity contribution is -0.697. The van der Waals surface area contributed by atoms with Gasteiger partial charge in [-0.2, -0.15) is 26.3 Å². The molecule has 458 valence electrons. The van der Waals surface area contributed by atoms with E-state index in [0.29, 0.717) is 57.6 Å². The van der Waals surface area contributed by atoms with Crippen LogP contribution < -0.4 is 26.1 Å². The van der Waals surface area contributed by atoms with E-state index >= 15 is 0 Å². The summed E-state index contributed by atoms with van der Waals surface area (Å²) in [4.78, 5) is 59.3. The molecule has 0 spiro atoms. The summed E-state index contributed by atoms with van der Waals surface area (Å²) >= 11 is 1.73. The number of sulfonamides is 2. The van der Waals surface area contributed by atoms with Crippen LogP contribution in [0.3, 0.4) is 0 Å². The molecule has 0 N–H and O–H groups in total. The number of unbranched alkanes of at least 4 members (excludes halogenated alkanes) is 2. The monoisotopic (exact) mass is 1370 g/mol. The molecule has 78 heavy (non-hydrogen) atoms. The van der Waals surface area contributed by atoms with Crippen LogP contribution in [0.2, 0.25) is 0 Å². The molecule has 2 aromatic heterocycles. The molecule has 2 atom stereocenters. The third-order valence-electron chi connectivity index (χ3n) is 11.2. The molecule has 2 unspecified atom stereocenters. The number of esters is 5. The van der Waals surface area contributed by atoms with E-state index in [2.05, 4.69) is 45.5 Å². The molecule has 0 saturated heterocycles. The molecule has 0 saturated carbocycles. The van der Waals surface area contributed by atoms with Gasteiger partial charge in [0.25, 0.3) is 1.45 Å². The summed E-state index contributed by atoms with van der Waals surface area (Å²) in [7, 11) is -5.30. The molecule has 0 aliphatic rings. The van der Waals surface area contributed by atoms with Crippen molar-refractivity contribution in [3.63, 3.8) is 0 Å². The zero-order valence-corrected chi connectivity index (χ0v) is 52.8. The number of rotatable bonds is 25. The van der Waals surface area contributed by atoms with E-state index in [1.807, 2.05) is 102 Å². The Morgan fingerprint density at radius 3 is 1.17 bits per heavy atom. The minimum absolute atomic E-state index is 0. The van der Waals surface area contributed by atoms with Gasteiger partial charge in [0.05, 0.1) is 56.1 Å². The van der Waals surface area contributed by atoms with Crippen LogP contribution in [0.4, 0.5) is 31.1 Å². The number of nitrogens with zero attached hydrogens (tertiary/aromatic N) is 5. The summed E-state index contributed by atoms with van der Waals surface area (Å²) in [6.45, 7) is 28.0. The first kappa shape index (κ1) is 80.9. The first-order valence-corrected chi connectivity index (χ1v) is 29.5. The number of hydrogen-bond donors (Lipinski definition) is 0. The van der Waals surface area contributed by atoms with Gasteiger partial charge < -0.3 is 54.6 Å². The average molecular weight is 1380 g/mol. The topological polar surface area (TPSA) is 231 Å². The van der Waals surface area contributed by atoms with E-state index in [1.54, 1.807) is 28.1 Å². The van der Waals surface area contributed by atoms with Crippen LogP contribution in [0.25, 0.3) is 4.13 Å². The highest BCUT2D eigenvalue weighted by molar-refractivity contribution is 14.2.